The van der Waals surface area contributed by atoms with Crippen molar-refractivity contribution in [1.82, 2.24) is 0 Å². The second-order valence-electron chi connectivity index (χ2n) is 2.67. The van der Waals surface area contributed by atoms with E-state index in [9.17, 15) is 18.0 Å². The van der Waals surface area contributed by atoms with Crippen molar-refractivity contribution in [2.24, 2.45) is 0 Å². The van der Waals surface area contributed by atoms with Crippen molar-refractivity contribution < 1.29 is 35.7 Å². The molecule has 17 heavy (non-hydrogen) atoms. The van der Waals surface area contributed by atoms with Gasteiger partial charge in [0.25, 0.3) is 0 Å². The molecule has 0 aliphatic carbocycles. The minimum atomic E-state index is -5.84. The molecule has 1 heterocycles. The van der Waals surface area contributed by atoms with Gasteiger partial charge in [-0.1, -0.05) is 0 Å². The maximum absolute atomic E-state index is 10.7. The summed E-state index contributed by atoms with van der Waals surface area (Å²) >= 11 is 0. The highest BCUT2D eigenvalue weighted by molar-refractivity contribution is 7.86. The number of aryl methyl sites for hydroxylation is 1. The molecule has 10 heteroatoms. The Labute approximate surface area is 93.1 Å². The SMILES string of the molecule is Cc1cc(O)cc(=O)o1.O=S(=O)(O)C(F)(F)F. The van der Waals surface area contributed by atoms with Gasteiger partial charge in [0.2, 0.25) is 0 Å². The van der Waals surface area contributed by atoms with Gasteiger partial charge in [-0.15, -0.1) is 0 Å². The normalized spacial score (nSPS) is 11.6. The molecule has 0 atom stereocenters. The summed E-state index contributed by atoms with van der Waals surface area (Å²) in [5, 5.41) is 8.73. The molecule has 0 amide bonds. The number of halogens is 3. The van der Waals surface area contributed by atoms with Crippen LogP contribution in [0.1, 0.15) is 5.76 Å². The van der Waals surface area contributed by atoms with E-state index >= 15 is 0 Å². The minimum Gasteiger partial charge on any atom is -0.508 e. The van der Waals surface area contributed by atoms with Crippen LogP contribution in [0.15, 0.2) is 21.3 Å². The van der Waals surface area contributed by atoms with Crippen molar-refractivity contribution in [3.63, 3.8) is 0 Å². The number of hydrogen-bond acceptors (Lipinski definition) is 5. The highest BCUT2D eigenvalue weighted by Crippen LogP contribution is 2.20. The van der Waals surface area contributed by atoms with Crippen molar-refractivity contribution in [3.8, 4) is 5.75 Å². The molecule has 0 unspecified atom stereocenters. The van der Waals surface area contributed by atoms with Gasteiger partial charge in [0.15, 0.2) is 0 Å². The second kappa shape index (κ2) is 5.19. The lowest BCUT2D eigenvalue weighted by Gasteiger charge is -1.97. The highest BCUT2D eigenvalue weighted by atomic mass is 32.2. The number of alkyl halides is 3. The van der Waals surface area contributed by atoms with Gasteiger partial charge in [0, 0.05) is 6.07 Å². The third kappa shape index (κ3) is 5.92. The van der Waals surface area contributed by atoms with Crippen LogP contribution in [0, 0.1) is 6.92 Å². The molecule has 0 saturated heterocycles. The fourth-order valence-corrected chi connectivity index (χ4v) is 0.588. The van der Waals surface area contributed by atoms with Gasteiger partial charge < -0.3 is 9.52 Å². The van der Waals surface area contributed by atoms with Crippen molar-refractivity contribution >= 4 is 10.1 Å². The average molecular weight is 276 g/mol. The van der Waals surface area contributed by atoms with E-state index in [2.05, 4.69) is 4.42 Å². The zero-order chi connectivity index (χ0) is 13.9. The Kier molecular flexibility index (Phi) is 4.71. The Morgan fingerprint density at radius 3 is 1.94 bits per heavy atom. The number of aromatic hydroxyl groups is 1. The first-order valence-electron chi connectivity index (χ1n) is 3.78. The molecule has 0 saturated carbocycles. The molecule has 1 rings (SSSR count). The minimum absolute atomic E-state index is 0.0521. The van der Waals surface area contributed by atoms with Crippen LogP contribution in [-0.4, -0.2) is 23.6 Å². The van der Waals surface area contributed by atoms with Crippen LogP contribution < -0.4 is 5.63 Å². The third-order valence-corrected chi connectivity index (χ3v) is 1.76. The Balaban J connectivity index is 0.000000304. The first-order valence-corrected chi connectivity index (χ1v) is 5.22. The van der Waals surface area contributed by atoms with Gasteiger partial charge >= 0.3 is 21.3 Å². The van der Waals surface area contributed by atoms with Crippen LogP contribution in [0.3, 0.4) is 0 Å². The summed E-state index contributed by atoms with van der Waals surface area (Å²) in [5.41, 5.74) is -6.06. The van der Waals surface area contributed by atoms with Crippen molar-refractivity contribution in [2.75, 3.05) is 0 Å². The molecule has 0 fully saturated rings. The van der Waals surface area contributed by atoms with Crippen LogP contribution in [0.5, 0.6) is 5.75 Å². The van der Waals surface area contributed by atoms with Crippen LogP contribution in [0.25, 0.3) is 0 Å². The lowest BCUT2D eigenvalue weighted by Crippen LogP contribution is -2.21. The third-order valence-electron chi connectivity index (χ3n) is 1.17. The summed E-state index contributed by atoms with van der Waals surface area (Å²) in [5.74, 6) is 0.365. The smallest absolute Gasteiger partial charge is 0.508 e. The molecule has 1 aromatic rings. The Morgan fingerprint density at radius 2 is 1.71 bits per heavy atom. The summed E-state index contributed by atoms with van der Waals surface area (Å²) in [6.07, 6.45) is 0. The van der Waals surface area contributed by atoms with Gasteiger partial charge in [-0.25, -0.2) is 4.79 Å². The number of rotatable bonds is 0. The van der Waals surface area contributed by atoms with E-state index in [1.54, 1.807) is 6.92 Å². The largest absolute Gasteiger partial charge is 0.522 e. The standard InChI is InChI=1S/C6H6O3.CHF3O3S/c1-4-2-5(7)3-6(8)9-4;2-1(3,4)8(5,6)7/h2-3,7H,1H3;(H,5,6,7). The summed E-state index contributed by atoms with van der Waals surface area (Å²) in [6, 6.07) is 2.40. The molecular weight excluding hydrogens is 269 g/mol. The molecular formula is C7H7F3O6S. The molecule has 1 aromatic heterocycles. The molecule has 0 aromatic carbocycles. The first kappa shape index (κ1) is 15.4. The Bertz CT molecular complexity index is 506. The van der Waals surface area contributed by atoms with Crippen LogP contribution >= 0.6 is 0 Å². The fraction of sp³-hybridized carbons (Fsp3) is 0.286. The quantitative estimate of drug-likeness (QED) is 0.542. The summed E-state index contributed by atoms with van der Waals surface area (Å²) in [7, 11) is -5.84. The van der Waals surface area contributed by atoms with Gasteiger partial charge in [-0.3, -0.25) is 4.55 Å². The Morgan fingerprint density at radius 1 is 1.29 bits per heavy atom. The molecule has 0 bridgehead atoms. The average Bonchev–Trinajstić information content (AvgIpc) is 1.96. The van der Waals surface area contributed by atoms with E-state index in [-0.39, 0.29) is 5.75 Å². The molecule has 0 radical (unpaired) electrons. The van der Waals surface area contributed by atoms with Crippen molar-refractivity contribution in [3.05, 3.63) is 28.3 Å². The topological polar surface area (TPSA) is 105 Å². The van der Waals surface area contributed by atoms with E-state index in [4.69, 9.17) is 18.1 Å². The second-order valence-corrected chi connectivity index (χ2v) is 4.08. The van der Waals surface area contributed by atoms with E-state index in [1.165, 1.54) is 6.07 Å². The van der Waals surface area contributed by atoms with Crippen molar-refractivity contribution in [1.29, 1.82) is 0 Å². The van der Waals surface area contributed by atoms with Crippen LogP contribution in [0.4, 0.5) is 13.2 Å². The Hall–Kier alpha value is -1.55. The maximum atomic E-state index is 10.7. The maximum Gasteiger partial charge on any atom is 0.522 e. The zero-order valence-corrected chi connectivity index (χ0v) is 9.04. The van der Waals surface area contributed by atoms with Gasteiger partial charge in [0.1, 0.15) is 11.5 Å². The lowest BCUT2D eigenvalue weighted by atomic mass is 10.4. The molecule has 0 aliphatic rings. The van der Waals surface area contributed by atoms with Gasteiger partial charge in [-0.05, 0) is 6.92 Å². The monoisotopic (exact) mass is 276 g/mol. The highest BCUT2D eigenvalue weighted by Gasteiger charge is 2.44. The molecule has 0 spiro atoms. The fourth-order valence-electron chi connectivity index (χ4n) is 0.588. The van der Waals surface area contributed by atoms with E-state index in [0.717, 1.165) is 6.07 Å². The van der Waals surface area contributed by atoms with Gasteiger partial charge in [-0.2, -0.15) is 21.6 Å². The first-order chi connectivity index (χ1) is 7.43. The van der Waals surface area contributed by atoms with Gasteiger partial charge in [0.05, 0.1) is 6.07 Å². The zero-order valence-electron chi connectivity index (χ0n) is 8.22. The van der Waals surface area contributed by atoms with E-state index < -0.39 is 21.3 Å². The molecule has 6 nitrogen and oxygen atoms in total. The summed E-state index contributed by atoms with van der Waals surface area (Å²) < 4.78 is 62.1. The van der Waals surface area contributed by atoms with Crippen LogP contribution in [-0.2, 0) is 10.1 Å². The molecule has 2 N–H and O–H groups in total. The van der Waals surface area contributed by atoms with Crippen LogP contribution in [0.2, 0.25) is 0 Å². The molecule has 98 valence electrons. The number of hydrogen-bond donors (Lipinski definition) is 2. The predicted molar refractivity (Wildman–Crippen MR) is 49.0 cm³/mol. The lowest BCUT2D eigenvalue weighted by molar-refractivity contribution is -0.0510. The predicted octanol–water partition coefficient (Wildman–Crippen LogP) is 1.05. The van der Waals surface area contributed by atoms with E-state index in [1.807, 2.05) is 0 Å². The summed E-state index contributed by atoms with van der Waals surface area (Å²) in [6.45, 7) is 1.60. The summed E-state index contributed by atoms with van der Waals surface area (Å²) in [4.78, 5) is 10.4. The van der Waals surface area contributed by atoms with E-state index in [0.29, 0.717) is 5.76 Å². The molecule has 0 aliphatic heterocycles. The van der Waals surface area contributed by atoms with Crippen molar-refractivity contribution in [2.45, 2.75) is 12.4 Å².